The molecule has 1 heterocycles. The van der Waals surface area contributed by atoms with E-state index < -0.39 is 11.6 Å². The van der Waals surface area contributed by atoms with E-state index in [-0.39, 0.29) is 5.69 Å². The van der Waals surface area contributed by atoms with Crippen LogP contribution in [-0.4, -0.2) is 0 Å². The van der Waals surface area contributed by atoms with Crippen molar-refractivity contribution in [3.8, 4) is 10.4 Å². The van der Waals surface area contributed by atoms with Crippen molar-refractivity contribution in [2.45, 2.75) is 6.54 Å². The molecule has 0 aliphatic heterocycles. The van der Waals surface area contributed by atoms with Crippen LogP contribution < -0.4 is 5.32 Å². The molecule has 3 aromatic rings. The van der Waals surface area contributed by atoms with Gasteiger partial charge in [0.15, 0.2) is 0 Å². The van der Waals surface area contributed by atoms with Crippen molar-refractivity contribution in [1.29, 1.82) is 0 Å². The van der Waals surface area contributed by atoms with Gasteiger partial charge in [0.05, 0.1) is 0 Å². The molecule has 0 atom stereocenters. The molecule has 0 fully saturated rings. The maximum Gasteiger partial charge on any atom is 0.149 e. The van der Waals surface area contributed by atoms with Gasteiger partial charge in [0.1, 0.15) is 17.3 Å². The van der Waals surface area contributed by atoms with E-state index >= 15 is 0 Å². The smallest absolute Gasteiger partial charge is 0.149 e. The van der Waals surface area contributed by atoms with Gasteiger partial charge in [0.25, 0.3) is 0 Å². The number of thiophene rings is 1. The fraction of sp³-hybridized carbons (Fsp3) is 0.0588. The average Bonchev–Trinajstić information content (AvgIpc) is 2.97. The highest BCUT2D eigenvalue weighted by molar-refractivity contribution is 7.15. The maximum atomic E-state index is 13.5. The molecule has 1 aromatic heterocycles. The molecule has 21 heavy (non-hydrogen) atoms. The summed E-state index contributed by atoms with van der Waals surface area (Å²) in [5, 5.41) is 2.82. The number of hydrogen-bond donors (Lipinski definition) is 1. The zero-order chi connectivity index (χ0) is 14.7. The lowest BCUT2D eigenvalue weighted by molar-refractivity contribution is 0.588. The minimum Gasteiger partial charge on any atom is -0.375 e. The standard InChI is InChI=1S/C17H13F2NS/c18-14-7-4-8-15(19)17(14)20-11-13-9-10-16(21-13)12-5-2-1-3-6-12/h1-10,20H,11H2. The van der Waals surface area contributed by atoms with Crippen molar-refractivity contribution in [1.82, 2.24) is 0 Å². The Balaban J connectivity index is 1.74. The van der Waals surface area contributed by atoms with Gasteiger partial charge in [0, 0.05) is 16.3 Å². The van der Waals surface area contributed by atoms with Gasteiger partial charge in [-0.2, -0.15) is 0 Å². The molecule has 2 aromatic carbocycles. The van der Waals surface area contributed by atoms with Crippen LogP contribution in [0.2, 0.25) is 0 Å². The Morgan fingerprint density at radius 3 is 2.24 bits per heavy atom. The molecule has 0 unspecified atom stereocenters. The highest BCUT2D eigenvalue weighted by Gasteiger charge is 2.08. The van der Waals surface area contributed by atoms with Gasteiger partial charge < -0.3 is 5.32 Å². The lowest BCUT2D eigenvalue weighted by atomic mass is 10.2. The quantitative estimate of drug-likeness (QED) is 0.689. The second kappa shape index (κ2) is 6.06. The lowest BCUT2D eigenvalue weighted by Gasteiger charge is -2.07. The molecule has 0 amide bonds. The van der Waals surface area contributed by atoms with E-state index in [2.05, 4.69) is 5.32 Å². The molecule has 1 N–H and O–H groups in total. The number of rotatable bonds is 4. The number of anilines is 1. The molecule has 0 aliphatic rings. The molecular formula is C17H13F2NS. The van der Waals surface area contributed by atoms with E-state index in [4.69, 9.17) is 0 Å². The van der Waals surface area contributed by atoms with Crippen molar-refractivity contribution in [2.24, 2.45) is 0 Å². The molecule has 0 aliphatic carbocycles. The first-order valence-corrected chi connectivity index (χ1v) is 7.38. The first-order valence-electron chi connectivity index (χ1n) is 6.56. The zero-order valence-corrected chi connectivity index (χ0v) is 12.0. The molecule has 3 rings (SSSR count). The Hall–Kier alpha value is -2.20. The van der Waals surface area contributed by atoms with E-state index in [1.807, 2.05) is 42.5 Å². The molecule has 1 nitrogen and oxygen atoms in total. The number of nitrogens with one attached hydrogen (secondary N) is 1. The van der Waals surface area contributed by atoms with Crippen molar-refractivity contribution in [2.75, 3.05) is 5.32 Å². The number of hydrogen-bond acceptors (Lipinski definition) is 2. The SMILES string of the molecule is Fc1cccc(F)c1NCc1ccc(-c2ccccc2)s1. The first kappa shape index (κ1) is 13.8. The highest BCUT2D eigenvalue weighted by Crippen LogP contribution is 2.28. The summed E-state index contributed by atoms with van der Waals surface area (Å²) >= 11 is 1.61. The van der Waals surface area contributed by atoms with Crippen LogP contribution in [0.1, 0.15) is 4.88 Å². The van der Waals surface area contributed by atoms with Gasteiger partial charge in [-0.05, 0) is 29.8 Å². The highest BCUT2D eigenvalue weighted by atomic mass is 32.1. The molecular weight excluding hydrogens is 288 g/mol. The molecule has 0 saturated carbocycles. The lowest BCUT2D eigenvalue weighted by Crippen LogP contribution is -2.02. The van der Waals surface area contributed by atoms with E-state index in [1.54, 1.807) is 11.3 Å². The Morgan fingerprint density at radius 2 is 1.52 bits per heavy atom. The molecule has 0 spiro atoms. The van der Waals surface area contributed by atoms with Crippen molar-refractivity contribution < 1.29 is 8.78 Å². The van der Waals surface area contributed by atoms with Crippen molar-refractivity contribution >= 4 is 17.0 Å². The summed E-state index contributed by atoms with van der Waals surface area (Å²) in [4.78, 5) is 2.16. The third-order valence-corrected chi connectivity index (χ3v) is 4.26. The minimum absolute atomic E-state index is 0.0767. The molecule has 4 heteroatoms. The fourth-order valence-corrected chi connectivity index (χ4v) is 3.03. The van der Waals surface area contributed by atoms with Gasteiger partial charge in [0.2, 0.25) is 0 Å². The van der Waals surface area contributed by atoms with Gasteiger partial charge in [-0.25, -0.2) is 8.78 Å². The fourth-order valence-electron chi connectivity index (χ4n) is 2.07. The van der Waals surface area contributed by atoms with Crippen molar-refractivity contribution in [3.05, 3.63) is 77.2 Å². The van der Waals surface area contributed by atoms with Gasteiger partial charge >= 0.3 is 0 Å². The van der Waals surface area contributed by atoms with Crippen LogP contribution in [0.5, 0.6) is 0 Å². The molecule has 0 bridgehead atoms. The minimum atomic E-state index is -0.574. The molecule has 0 saturated heterocycles. The van der Waals surface area contributed by atoms with Crippen LogP contribution in [0.15, 0.2) is 60.7 Å². The summed E-state index contributed by atoms with van der Waals surface area (Å²) in [7, 11) is 0. The third kappa shape index (κ3) is 3.11. The largest absolute Gasteiger partial charge is 0.375 e. The van der Waals surface area contributed by atoms with Crippen LogP contribution in [-0.2, 0) is 6.54 Å². The summed E-state index contributed by atoms with van der Waals surface area (Å²) in [5.74, 6) is -1.15. The van der Waals surface area contributed by atoms with E-state index in [9.17, 15) is 8.78 Å². The van der Waals surface area contributed by atoms with Gasteiger partial charge in [-0.3, -0.25) is 0 Å². The van der Waals surface area contributed by atoms with E-state index in [1.165, 1.54) is 18.2 Å². The van der Waals surface area contributed by atoms with Crippen LogP contribution in [0.3, 0.4) is 0 Å². The summed E-state index contributed by atoms with van der Waals surface area (Å²) in [6, 6.07) is 17.9. The van der Waals surface area contributed by atoms with Gasteiger partial charge in [-0.15, -0.1) is 11.3 Å². The van der Waals surface area contributed by atoms with Crippen LogP contribution in [0.4, 0.5) is 14.5 Å². The molecule has 0 radical (unpaired) electrons. The summed E-state index contributed by atoms with van der Waals surface area (Å²) in [6.45, 7) is 0.398. The summed E-state index contributed by atoms with van der Waals surface area (Å²) < 4.78 is 27.0. The van der Waals surface area contributed by atoms with E-state index in [0.29, 0.717) is 6.54 Å². The zero-order valence-electron chi connectivity index (χ0n) is 11.1. The van der Waals surface area contributed by atoms with Crippen molar-refractivity contribution in [3.63, 3.8) is 0 Å². The Kier molecular flexibility index (Phi) is 3.97. The monoisotopic (exact) mass is 301 g/mol. The van der Waals surface area contributed by atoms with Crippen LogP contribution in [0, 0.1) is 11.6 Å². The Bertz CT molecular complexity index is 717. The number of halogens is 2. The predicted octanol–water partition coefficient (Wildman–Crippen LogP) is 5.31. The van der Waals surface area contributed by atoms with Crippen LogP contribution >= 0.6 is 11.3 Å². The molecule has 106 valence electrons. The topological polar surface area (TPSA) is 12.0 Å². The predicted molar refractivity (Wildman–Crippen MR) is 83.4 cm³/mol. The first-order chi connectivity index (χ1) is 10.2. The Labute approximate surface area is 125 Å². The van der Waals surface area contributed by atoms with Gasteiger partial charge in [-0.1, -0.05) is 36.4 Å². The Morgan fingerprint density at radius 1 is 0.810 bits per heavy atom. The van der Waals surface area contributed by atoms with Crippen LogP contribution in [0.25, 0.3) is 10.4 Å². The second-order valence-corrected chi connectivity index (χ2v) is 5.75. The number of para-hydroxylation sites is 1. The van der Waals surface area contributed by atoms with E-state index in [0.717, 1.165) is 15.3 Å². The summed E-state index contributed by atoms with van der Waals surface area (Å²) in [6.07, 6.45) is 0. The number of benzene rings is 2. The third-order valence-electron chi connectivity index (χ3n) is 3.12. The average molecular weight is 301 g/mol. The maximum absolute atomic E-state index is 13.5. The summed E-state index contributed by atoms with van der Waals surface area (Å²) in [5.41, 5.74) is 1.07. The second-order valence-electron chi connectivity index (χ2n) is 4.58. The normalized spacial score (nSPS) is 10.6.